The Hall–Kier alpha value is -2.76. The summed E-state index contributed by atoms with van der Waals surface area (Å²) in [5, 5.41) is 0. The van der Waals surface area contributed by atoms with Gasteiger partial charge in [0.1, 0.15) is 12.3 Å². The van der Waals surface area contributed by atoms with Gasteiger partial charge in [-0.1, -0.05) is 24.3 Å². The van der Waals surface area contributed by atoms with E-state index in [2.05, 4.69) is 12.2 Å². The highest BCUT2D eigenvalue weighted by molar-refractivity contribution is 6.08. The summed E-state index contributed by atoms with van der Waals surface area (Å²) in [6, 6.07) is 6.44. The second-order valence-corrected chi connectivity index (χ2v) is 7.94. The molecular weight excluding hydrogens is 346 g/mol. The van der Waals surface area contributed by atoms with E-state index in [-0.39, 0.29) is 47.0 Å². The van der Waals surface area contributed by atoms with Crippen LogP contribution < -0.4 is 4.74 Å². The highest BCUT2D eigenvalue weighted by atomic mass is 16.5. The van der Waals surface area contributed by atoms with Gasteiger partial charge in [-0.3, -0.25) is 19.3 Å². The molecule has 0 N–H and O–H groups in total. The van der Waals surface area contributed by atoms with E-state index in [0.717, 1.165) is 11.3 Å². The Balaban J connectivity index is 1.34. The van der Waals surface area contributed by atoms with Crippen LogP contribution >= 0.6 is 0 Å². The maximum Gasteiger partial charge on any atom is 0.331 e. The molecule has 5 aliphatic rings. The van der Waals surface area contributed by atoms with Crippen LogP contribution in [0.1, 0.15) is 23.7 Å². The molecule has 4 aliphatic carbocycles. The fraction of sp³-hybridized carbons (Fsp3) is 0.429. The number of amides is 2. The Morgan fingerprint density at radius 3 is 2.22 bits per heavy atom. The normalized spacial score (nSPS) is 35.1. The second kappa shape index (κ2) is 5.62. The predicted octanol–water partition coefficient (Wildman–Crippen LogP) is 1.85. The van der Waals surface area contributed by atoms with Gasteiger partial charge in [-0.05, 0) is 49.1 Å². The summed E-state index contributed by atoms with van der Waals surface area (Å²) in [5.74, 6) is -0.662. The molecule has 0 spiro atoms. The van der Waals surface area contributed by atoms with Crippen molar-refractivity contribution in [3.05, 3.63) is 42.0 Å². The molecule has 0 radical (unpaired) electrons. The van der Waals surface area contributed by atoms with E-state index in [0.29, 0.717) is 17.4 Å². The predicted molar refractivity (Wildman–Crippen MR) is 93.5 cm³/mol. The number of imide groups is 1. The lowest BCUT2D eigenvalue weighted by Crippen LogP contribution is -2.40. The molecule has 6 rings (SSSR count). The van der Waals surface area contributed by atoms with Crippen LogP contribution in [0.2, 0.25) is 0 Å². The highest BCUT2D eigenvalue weighted by Crippen LogP contribution is 2.65. The molecule has 6 nitrogen and oxygen atoms in total. The van der Waals surface area contributed by atoms with E-state index in [1.807, 2.05) is 0 Å². The van der Waals surface area contributed by atoms with E-state index in [1.165, 1.54) is 13.0 Å². The topological polar surface area (TPSA) is 80.8 Å². The van der Waals surface area contributed by atoms with Crippen LogP contribution in [0.4, 0.5) is 0 Å². The smallest absolute Gasteiger partial charge is 0.331 e. The largest absolute Gasteiger partial charge is 0.424 e. The van der Waals surface area contributed by atoms with Gasteiger partial charge in [-0.2, -0.15) is 0 Å². The number of likely N-dealkylation sites (tertiary alicyclic amines) is 1. The zero-order valence-corrected chi connectivity index (χ0v) is 14.8. The number of hydrogen-bond acceptors (Lipinski definition) is 5. The Morgan fingerprint density at radius 2 is 1.63 bits per heavy atom. The number of esters is 1. The van der Waals surface area contributed by atoms with Crippen molar-refractivity contribution < 1.29 is 23.9 Å². The number of hydrogen-bond donors (Lipinski definition) is 0. The summed E-state index contributed by atoms with van der Waals surface area (Å²) in [6.07, 6.45) is 5.28. The molecule has 3 fully saturated rings. The van der Waals surface area contributed by atoms with Crippen LogP contribution in [0.15, 0.2) is 36.4 Å². The molecule has 1 saturated heterocycles. The van der Waals surface area contributed by atoms with Gasteiger partial charge in [-0.15, -0.1) is 0 Å². The number of ketones is 1. The Morgan fingerprint density at radius 1 is 1.04 bits per heavy atom. The second-order valence-electron chi connectivity index (χ2n) is 7.94. The first-order valence-corrected chi connectivity index (χ1v) is 9.31. The number of rotatable bonds is 4. The molecule has 0 aromatic heterocycles. The van der Waals surface area contributed by atoms with Crippen molar-refractivity contribution in [3.63, 3.8) is 0 Å². The third kappa shape index (κ3) is 2.32. The number of nitrogens with zero attached hydrogens (tertiary/aromatic N) is 1. The minimum absolute atomic E-state index is 0.126. The average Bonchev–Trinajstić information content (AvgIpc) is 3.43. The number of benzene rings is 1. The summed E-state index contributed by atoms with van der Waals surface area (Å²) >= 11 is 0. The lowest BCUT2D eigenvalue weighted by atomic mass is 9.63. The lowest BCUT2D eigenvalue weighted by molar-refractivity contribution is -0.148. The van der Waals surface area contributed by atoms with Gasteiger partial charge in [0.25, 0.3) is 0 Å². The van der Waals surface area contributed by atoms with Gasteiger partial charge >= 0.3 is 5.97 Å². The fourth-order valence-corrected chi connectivity index (χ4v) is 5.31. The van der Waals surface area contributed by atoms with E-state index in [4.69, 9.17) is 4.74 Å². The fourth-order valence-electron chi connectivity index (χ4n) is 5.31. The number of allylic oxidation sites excluding steroid dienone is 2. The first kappa shape index (κ1) is 16.4. The number of carbonyl (C=O) groups is 4. The molecule has 2 saturated carbocycles. The van der Waals surface area contributed by atoms with Gasteiger partial charge in [0.15, 0.2) is 5.78 Å². The van der Waals surface area contributed by atoms with Crippen molar-refractivity contribution in [3.8, 4) is 5.75 Å². The summed E-state index contributed by atoms with van der Waals surface area (Å²) in [5.41, 5.74) is 0.293. The van der Waals surface area contributed by atoms with E-state index < -0.39 is 12.5 Å². The summed E-state index contributed by atoms with van der Waals surface area (Å²) < 4.78 is 5.30. The van der Waals surface area contributed by atoms with Crippen molar-refractivity contribution in [2.24, 2.45) is 35.5 Å². The van der Waals surface area contributed by atoms with Crippen LogP contribution in [-0.2, 0) is 14.4 Å². The average molecular weight is 365 g/mol. The third-order valence-electron chi connectivity index (χ3n) is 6.53. The summed E-state index contributed by atoms with van der Waals surface area (Å²) in [7, 11) is 0. The molecule has 2 bridgehead atoms. The van der Waals surface area contributed by atoms with Crippen molar-refractivity contribution in [2.75, 3.05) is 6.54 Å². The minimum Gasteiger partial charge on any atom is -0.424 e. The first-order valence-electron chi connectivity index (χ1n) is 9.31. The van der Waals surface area contributed by atoms with E-state index >= 15 is 0 Å². The number of ether oxygens (including phenoxy) is 1. The molecule has 1 heterocycles. The van der Waals surface area contributed by atoms with Crippen LogP contribution in [0.3, 0.4) is 0 Å². The Bertz CT molecular complexity index is 883. The maximum absolute atomic E-state index is 12.9. The number of carbonyl (C=O) groups excluding carboxylic acids is 4. The number of para-hydroxylation sites is 1. The molecular formula is C21H19NO5. The van der Waals surface area contributed by atoms with Crippen LogP contribution in [0.25, 0.3) is 0 Å². The Kier molecular flexibility index (Phi) is 3.41. The van der Waals surface area contributed by atoms with Gasteiger partial charge in [0, 0.05) is 0 Å². The molecule has 138 valence electrons. The van der Waals surface area contributed by atoms with Crippen LogP contribution in [0.5, 0.6) is 5.75 Å². The maximum atomic E-state index is 12.9. The van der Waals surface area contributed by atoms with E-state index in [1.54, 1.807) is 18.2 Å². The molecule has 27 heavy (non-hydrogen) atoms. The van der Waals surface area contributed by atoms with Crippen LogP contribution in [0, 0.1) is 35.5 Å². The van der Waals surface area contributed by atoms with Gasteiger partial charge in [-0.25, -0.2) is 4.79 Å². The molecule has 1 aliphatic heterocycles. The lowest BCUT2D eigenvalue weighted by Gasteiger charge is -2.37. The van der Waals surface area contributed by atoms with Gasteiger partial charge in [0.2, 0.25) is 11.8 Å². The standard InChI is InChI=1S/C21H19NO5/c1-10(23)11-4-2-3-5-16(11)27-17(24)9-22-20(25)18-12-6-7-13(15-8-14(12)15)19(18)21(22)26/h2-7,12-15,18-19H,8-9H2,1H3/t12-,13-,14-,15+,18-,19+/m0/s1. The van der Waals surface area contributed by atoms with E-state index in [9.17, 15) is 19.2 Å². The summed E-state index contributed by atoms with van der Waals surface area (Å²) in [4.78, 5) is 50.9. The molecule has 0 unspecified atom stereocenters. The van der Waals surface area contributed by atoms with Gasteiger partial charge < -0.3 is 4.74 Å². The minimum atomic E-state index is -0.713. The molecule has 2 amide bonds. The third-order valence-corrected chi connectivity index (χ3v) is 6.53. The van der Waals surface area contributed by atoms with Crippen molar-refractivity contribution >= 4 is 23.6 Å². The molecule has 1 aromatic rings. The van der Waals surface area contributed by atoms with Crippen molar-refractivity contribution in [2.45, 2.75) is 13.3 Å². The van der Waals surface area contributed by atoms with Crippen LogP contribution in [-0.4, -0.2) is 35.0 Å². The Labute approximate surface area is 156 Å². The molecule has 6 atom stereocenters. The monoisotopic (exact) mass is 365 g/mol. The quantitative estimate of drug-likeness (QED) is 0.267. The van der Waals surface area contributed by atoms with Gasteiger partial charge in [0.05, 0.1) is 17.4 Å². The van der Waals surface area contributed by atoms with Crippen molar-refractivity contribution in [1.29, 1.82) is 0 Å². The first-order chi connectivity index (χ1) is 13.0. The van der Waals surface area contributed by atoms with Crippen molar-refractivity contribution in [1.82, 2.24) is 4.90 Å². The zero-order valence-electron chi connectivity index (χ0n) is 14.8. The zero-order chi connectivity index (χ0) is 18.9. The summed E-state index contributed by atoms with van der Waals surface area (Å²) in [6.45, 7) is 0.977. The molecule has 1 aromatic carbocycles. The highest BCUT2D eigenvalue weighted by Gasteiger charge is 2.67. The molecule has 6 heteroatoms. The number of Topliss-reactive ketones (excluding diaryl/α,β-unsaturated/α-hetero) is 1. The SMILES string of the molecule is CC(=O)c1ccccc1OC(=O)CN1C(=O)[C@@H]2[C@H]3C=C[C@@H]([C@@H]4C[C@H]34)[C@@H]2C1=O.